The summed E-state index contributed by atoms with van der Waals surface area (Å²) in [6, 6.07) is 5.15. The molecule has 134 valence electrons. The molecule has 25 heavy (non-hydrogen) atoms. The van der Waals surface area contributed by atoms with E-state index in [1.807, 2.05) is 18.2 Å². The third-order valence-corrected chi connectivity index (χ3v) is 4.59. The van der Waals surface area contributed by atoms with Crippen molar-refractivity contribution in [2.24, 2.45) is 0 Å². The maximum absolute atomic E-state index is 12.4. The van der Waals surface area contributed by atoms with Crippen LogP contribution in [0.4, 0.5) is 10.5 Å². The second-order valence-corrected chi connectivity index (χ2v) is 6.28. The Bertz CT molecular complexity index is 674. The highest BCUT2D eigenvalue weighted by Gasteiger charge is 2.33. The van der Waals surface area contributed by atoms with Crippen LogP contribution >= 0.6 is 0 Å². The molecule has 1 atom stereocenters. The fourth-order valence-electron chi connectivity index (χ4n) is 3.29. The van der Waals surface area contributed by atoms with E-state index in [1.165, 1.54) is 0 Å². The molecule has 0 saturated carbocycles. The van der Waals surface area contributed by atoms with E-state index in [0.717, 1.165) is 5.69 Å². The van der Waals surface area contributed by atoms with E-state index in [-0.39, 0.29) is 18.0 Å². The standard InChI is InChI=1S/C17H21N3O5/c21-16-9-12(18-17(22)19-3-5-23-6-4-19)11-20(16)13-1-2-14-15(10-13)25-8-7-24-14/h1-2,10,12H,3-9,11H2,(H,18,22). The SMILES string of the molecule is O=C(NC1CC(=O)N(c2ccc3c(c2)OCCO3)C1)N1CCOCC1. The Morgan fingerprint density at radius 1 is 1.08 bits per heavy atom. The van der Waals surface area contributed by atoms with E-state index < -0.39 is 0 Å². The average molecular weight is 347 g/mol. The van der Waals surface area contributed by atoms with Gasteiger partial charge in [-0.05, 0) is 12.1 Å². The van der Waals surface area contributed by atoms with Gasteiger partial charge in [0.1, 0.15) is 13.2 Å². The molecule has 3 aliphatic heterocycles. The Kier molecular flexibility index (Phi) is 4.35. The van der Waals surface area contributed by atoms with E-state index >= 15 is 0 Å². The van der Waals surface area contributed by atoms with Crippen molar-refractivity contribution in [3.63, 3.8) is 0 Å². The van der Waals surface area contributed by atoms with E-state index in [2.05, 4.69) is 5.32 Å². The second-order valence-electron chi connectivity index (χ2n) is 6.28. The minimum absolute atomic E-state index is 0.0102. The number of urea groups is 1. The third kappa shape index (κ3) is 3.34. The summed E-state index contributed by atoms with van der Waals surface area (Å²) >= 11 is 0. The smallest absolute Gasteiger partial charge is 0.317 e. The molecule has 3 aliphatic rings. The van der Waals surface area contributed by atoms with Crippen LogP contribution in [0.25, 0.3) is 0 Å². The van der Waals surface area contributed by atoms with Gasteiger partial charge in [-0.2, -0.15) is 0 Å². The first-order chi connectivity index (χ1) is 12.2. The molecule has 0 radical (unpaired) electrons. The van der Waals surface area contributed by atoms with Gasteiger partial charge in [-0.15, -0.1) is 0 Å². The summed E-state index contributed by atoms with van der Waals surface area (Å²) < 4.78 is 16.3. The number of carbonyl (C=O) groups is 2. The molecule has 2 fully saturated rings. The lowest BCUT2D eigenvalue weighted by Gasteiger charge is -2.28. The lowest BCUT2D eigenvalue weighted by Crippen LogP contribution is -2.49. The largest absolute Gasteiger partial charge is 0.486 e. The van der Waals surface area contributed by atoms with Gasteiger partial charge >= 0.3 is 6.03 Å². The first-order valence-electron chi connectivity index (χ1n) is 8.54. The number of hydrogen-bond acceptors (Lipinski definition) is 5. The zero-order valence-electron chi connectivity index (χ0n) is 13.9. The van der Waals surface area contributed by atoms with Crippen molar-refractivity contribution in [3.05, 3.63) is 18.2 Å². The predicted octanol–water partition coefficient (Wildman–Crippen LogP) is 0.605. The lowest BCUT2D eigenvalue weighted by atomic mass is 10.2. The Labute approximate surface area is 145 Å². The minimum atomic E-state index is -0.198. The Morgan fingerprint density at radius 2 is 1.84 bits per heavy atom. The number of nitrogens with one attached hydrogen (secondary N) is 1. The number of anilines is 1. The summed E-state index contributed by atoms with van der Waals surface area (Å²) in [6.45, 7) is 3.76. The van der Waals surface area contributed by atoms with Crippen LogP contribution in [0.2, 0.25) is 0 Å². The molecular weight excluding hydrogens is 326 g/mol. The number of rotatable bonds is 2. The molecule has 1 unspecified atom stereocenters. The monoisotopic (exact) mass is 347 g/mol. The molecule has 0 spiro atoms. The fraction of sp³-hybridized carbons (Fsp3) is 0.529. The van der Waals surface area contributed by atoms with Crippen molar-refractivity contribution in [1.82, 2.24) is 10.2 Å². The zero-order valence-corrected chi connectivity index (χ0v) is 13.9. The van der Waals surface area contributed by atoms with Crippen LogP contribution in [0.5, 0.6) is 11.5 Å². The molecule has 1 N–H and O–H groups in total. The summed E-state index contributed by atoms with van der Waals surface area (Å²) in [6.07, 6.45) is 0.296. The third-order valence-electron chi connectivity index (χ3n) is 4.59. The van der Waals surface area contributed by atoms with Gasteiger partial charge < -0.3 is 29.3 Å². The molecule has 1 aromatic carbocycles. The summed E-state index contributed by atoms with van der Waals surface area (Å²) in [7, 11) is 0. The van der Waals surface area contributed by atoms with Gasteiger partial charge in [-0.1, -0.05) is 0 Å². The summed E-state index contributed by atoms with van der Waals surface area (Å²) in [5.74, 6) is 1.33. The first-order valence-corrected chi connectivity index (χ1v) is 8.54. The second kappa shape index (κ2) is 6.79. The predicted molar refractivity (Wildman–Crippen MR) is 89.1 cm³/mol. The van der Waals surface area contributed by atoms with E-state index in [9.17, 15) is 9.59 Å². The van der Waals surface area contributed by atoms with Crippen LogP contribution in [0.15, 0.2) is 18.2 Å². The maximum atomic E-state index is 12.4. The lowest BCUT2D eigenvalue weighted by molar-refractivity contribution is -0.117. The Balaban J connectivity index is 1.41. The number of hydrogen-bond donors (Lipinski definition) is 1. The highest BCUT2D eigenvalue weighted by Crippen LogP contribution is 2.35. The molecule has 2 saturated heterocycles. The molecule has 0 aliphatic carbocycles. The van der Waals surface area contributed by atoms with Crippen LogP contribution in [-0.2, 0) is 9.53 Å². The van der Waals surface area contributed by atoms with Crippen LogP contribution < -0.4 is 19.7 Å². The summed E-state index contributed by atoms with van der Waals surface area (Å²) in [4.78, 5) is 28.1. The van der Waals surface area contributed by atoms with E-state index in [4.69, 9.17) is 14.2 Å². The highest BCUT2D eigenvalue weighted by molar-refractivity contribution is 5.97. The van der Waals surface area contributed by atoms with Gasteiger partial charge in [0.2, 0.25) is 5.91 Å². The number of ether oxygens (including phenoxy) is 3. The van der Waals surface area contributed by atoms with E-state index in [0.29, 0.717) is 64.0 Å². The molecule has 8 nitrogen and oxygen atoms in total. The normalized spacial score (nSPS) is 22.9. The molecule has 0 bridgehead atoms. The summed E-state index contributed by atoms with van der Waals surface area (Å²) in [5, 5.41) is 2.95. The van der Waals surface area contributed by atoms with Crippen molar-refractivity contribution in [3.8, 4) is 11.5 Å². The molecule has 0 aromatic heterocycles. The number of amides is 3. The Morgan fingerprint density at radius 3 is 2.64 bits per heavy atom. The zero-order chi connectivity index (χ0) is 17.2. The Hall–Kier alpha value is -2.48. The van der Waals surface area contributed by atoms with Crippen LogP contribution in [0.1, 0.15) is 6.42 Å². The van der Waals surface area contributed by atoms with Crippen LogP contribution in [0, 0.1) is 0 Å². The molecular formula is C17H21N3O5. The number of carbonyl (C=O) groups excluding carboxylic acids is 2. The van der Waals surface area contributed by atoms with E-state index in [1.54, 1.807) is 9.80 Å². The van der Waals surface area contributed by atoms with Gasteiger partial charge in [-0.3, -0.25) is 4.79 Å². The van der Waals surface area contributed by atoms with Crippen molar-refractivity contribution in [2.45, 2.75) is 12.5 Å². The number of nitrogens with zero attached hydrogens (tertiary/aromatic N) is 2. The van der Waals surface area contributed by atoms with Gasteiger partial charge in [-0.25, -0.2) is 4.79 Å². The van der Waals surface area contributed by atoms with Crippen LogP contribution in [0.3, 0.4) is 0 Å². The number of morpholine rings is 1. The maximum Gasteiger partial charge on any atom is 0.317 e. The summed E-state index contributed by atoms with van der Waals surface area (Å²) in [5.41, 5.74) is 0.761. The number of benzene rings is 1. The van der Waals surface area contributed by atoms with Crippen LogP contribution in [-0.4, -0.2) is 68.9 Å². The van der Waals surface area contributed by atoms with Gasteiger partial charge in [0.15, 0.2) is 11.5 Å². The number of fused-ring (bicyclic) bond motifs is 1. The van der Waals surface area contributed by atoms with Crippen molar-refractivity contribution >= 4 is 17.6 Å². The van der Waals surface area contributed by atoms with Gasteiger partial charge in [0.05, 0.1) is 19.3 Å². The quantitative estimate of drug-likeness (QED) is 0.848. The van der Waals surface area contributed by atoms with Crippen molar-refractivity contribution in [2.75, 3.05) is 51.0 Å². The molecule has 3 amide bonds. The van der Waals surface area contributed by atoms with Crippen molar-refractivity contribution in [1.29, 1.82) is 0 Å². The molecule has 1 aromatic rings. The van der Waals surface area contributed by atoms with Crippen molar-refractivity contribution < 1.29 is 23.8 Å². The minimum Gasteiger partial charge on any atom is -0.486 e. The average Bonchev–Trinajstić information content (AvgIpc) is 3.02. The highest BCUT2D eigenvalue weighted by atomic mass is 16.6. The van der Waals surface area contributed by atoms with Gasteiger partial charge in [0, 0.05) is 37.8 Å². The molecule has 3 heterocycles. The van der Waals surface area contributed by atoms with Gasteiger partial charge in [0.25, 0.3) is 0 Å². The topological polar surface area (TPSA) is 80.3 Å². The fourth-order valence-corrected chi connectivity index (χ4v) is 3.29. The molecule has 4 rings (SSSR count). The first kappa shape index (κ1) is 16.0. The molecule has 8 heteroatoms.